The molecule has 5 rings (SSSR count). The van der Waals surface area contributed by atoms with Crippen LogP contribution in [0.3, 0.4) is 0 Å². The van der Waals surface area contributed by atoms with Crippen LogP contribution in [0, 0.1) is 13.8 Å². The molecule has 0 saturated carbocycles. The zero-order valence-electron chi connectivity index (χ0n) is 16.5. The van der Waals surface area contributed by atoms with Crippen LogP contribution in [0.1, 0.15) is 41.8 Å². The Kier molecular flexibility index (Phi) is 4.28. The summed E-state index contributed by atoms with van der Waals surface area (Å²) < 4.78 is 18.8. The van der Waals surface area contributed by atoms with E-state index in [9.17, 15) is 0 Å². The van der Waals surface area contributed by atoms with Crippen LogP contribution in [0.25, 0.3) is 16.8 Å². The number of nitrogens with zero attached hydrogens (tertiary/aromatic N) is 5. The molecule has 29 heavy (non-hydrogen) atoms. The van der Waals surface area contributed by atoms with Gasteiger partial charge in [0.2, 0.25) is 11.6 Å². The lowest BCUT2D eigenvalue weighted by Gasteiger charge is -2.23. The Morgan fingerprint density at radius 2 is 1.93 bits per heavy atom. The van der Waals surface area contributed by atoms with Gasteiger partial charge < -0.3 is 13.9 Å². The molecule has 4 heterocycles. The maximum atomic E-state index is 6.15. The van der Waals surface area contributed by atoms with Gasteiger partial charge in [-0.25, -0.2) is 4.68 Å². The predicted octanol–water partition coefficient (Wildman–Crippen LogP) is 3.67. The molecular weight excluding hydrogens is 370 g/mol. The fraction of sp³-hybridized carbons (Fsp3) is 0.333. The first-order valence-electron chi connectivity index (χ1n) is 9.58. The minimum atomic E-state index is -0.185. The Balaban J connectivity index is 1.35. The van der Waals surface area contributed by atoms with Gasteiger partial charge in [0.1, 0.15) is 23.1 Å². The predicted molar refractivity (Wildman–Crippen MR) is 105 cm³/mol. The van der Waals surface area contributed by atoms with E-state index in [4.69, 9.17) is 13.9 Å². The van der Waals surface area contributed by atoms with Crippen molar-refractivity contribution >= 4 is 11.1 Å². The van der Waals surface area contributed by atoms with Crippen LogP contribution in [0.4, 0.5) is 0 Å². The molecule has 0 bridgehead atoms. The number of fused-ring (bicyclic) bond motifs is 1. The van der Waals surface area contributed by atoms with Crippen LogP contribution < -0.4 is 4.74 Å². The Labute approximate surface area is 167 Å². The number of rotatable bonds is 5. The first-order valence-corrected chi connectivity index (χ1v) is 9.58. The summed E-state index contributed by atoms with van der Waals surface area (Å²) in [6.45, 7) is 7.15. The van der Waals surface area contributed by atoms with Gasteiger partial charge in [-0.3, -0.25) is 0 Å². The van der Waals surface area contributed by atoms with Gasteiger partial charge >= 0.3 is 0 Å². The van der Waals surface area contributed by atoms with Gasteiger partial charge in [-0.15, -0.1) is 5.10 Å². The molecule has 0 N–H and O–H groups in total. The van der Waals surface area contributed by atoms with Gasteiger partial charge in [-0.1, -0.05) is 17.3 Å². The fourth-order valence-electron chi connectivity index (χ4n) is 3.34. The van der Waals surface area contributed by atoms with Gasteiger partial charge in [-0.05, 0) is 44.5 Å². The third-order valence-corrected chi connectivity index (χ3v) is 5.08. The van der Waals surface area contributed by atoms with Crippen molar-refractivity contribution in [2.45, 2.75) is 32.8 Å². The summed E-state index contributed by atoms with van der Waals surface area (Å²) in [5.41, 5.74) is 3.50. The highest BCUT2D eigenvalue weighted by Crippen LogP contribution is 2.30. The van der Waals surface area contributed by atoms with E-state index in [1.54, 1.807) is 4.68 Å². The average molecular weight is 391 g/mol. The Morgan fingerprint density at radius 1 is 1.14 bits per heavy atom. The van der Waals surface area contributed by atoms with Crippen molar-refractivity contribution < 1.29 is 13.9 Å². The molecule has 8 nitrogen and oxygen atoms in total. The van der Waals surface area contributed by atoms with Crippen molar-refractivity contribution in [3.05, 3.63) is 59.4 Å². The summed E-state index contributed by atoms with van der Waals surface area (Å²) >= 11 is 0. The van der Waals surface area contributed by atoms with Gasteiger partial charge in [0.05, 0.1) is 36.7 Å². The molecule has 1 unspecified atom stereocenters. The Morgan fingerprint density at radius 3 is 2.66 bits per heavy atom. The average Bonchev–Trinajstić information content (AvgIpc) is 3.27. The summed E-state index contributed by atoms with van der Waals surface area (Å²) in [5.74, 6) is 2.28. The van der Waals surface area contributed by atoms with Crippen molar-refractivity contribution in [2.24, 2.45) is 0 Å². The SMILES string of the molecule is Cc1nc(OC(C)c2ccc(-n3cc(C4COC4)nn3)cc2)c2cc(C)oc2n1. The normalized spacial score (nSPS) is 15.4. The van der Waals surface area contributed by atoms with E-state index in [0.717, 1.165) is 41.3 Å². The molecule has 1 aliphatic heterocycles. The van der Waals surface area contributed by atoms with Crippen LogP contribution in [-0.4, -0.2) is 38.2 Å². The minimum Gasteiger partial charge on any atom is -0.469 e. The lowest BCUT2D eigenvalue weighted by molar-refractivity contribution is 0.00667. The summed E-state index contributed by atoms with van der Waals surface area (Å²) in [4.78, 5) is 8.78. The maximum Gasteiger partial charge on any atom is 0.233 e. The summed E-state index contributed by atoms with van der Waals surface area (Å²) in [6.07, 6.45) is 1.78. The lowest BCUT2D eigenvalue weighted by atomic mass is 10.1. The molecule has 0 radical (unpaired) electrons. The van der Waals surface area contributed by atoms with Gasteiger partial charge in [0.25, 0.3) is 0 Å². The van der Waals surface area contributed by atoms with Crippen LogP contribution in [-0.2, 0) is 4.74 Å². The zero-order chi connectivity index (χ0) is 20.0. The van der Waals surface area contributed by atoms with E-state index in [1.165, 1.54) is 0 Å². The van der Waals surface area contributed by atoms with Crippen LogP contribution in [0.2, 0.25) is 0 Å². The first-order chi connectivity index (χ1) is 14.1. The van der Waals surface area contributed by atoms with Crippen LogP contribution >= 0.6 is 0 Å². The van der Waals surface area contributed by atoms with Crippen molar-refractivity contribution in [2.75, 3.05) is 13.2 Å². The number of hydrogen-bond donors (Lipinski definition) is 0. The van der Waals surface area contributed by atoms with Gasteiger partial charge in [-0.2, -0.15) is 9.97 Å². The second kappa shape index (κ2) is 6.97. The molecular formula is C21H21N5O3. The highest BCUT2D eigenvalue weighted by atomic mass is 16.5. The summed E-state index contributed by atoms with van der Waals surface area (Å²) in [5, 5.41) is 9.27. The topological polar surface area (TPSA) is 88.1 Å². The molecule has 8 heteroatoms. The Bertz CT molecular complexity index is 1160. The lowest BCUT2D eigenvalue weighted by Crippen LogP contribution is -2.25. The van der Waals surface area contributed by atoms with E-state index >= 15 is 0 Å². The Hall–Kier alpha value is -3.26. The van der Waals surface area contributed by atoms with E-state index in [-0.39, 0.29) is 6.10 Å². The number of aromatic nitrogens is 5. The number of hydrogen-bond acceptors (Lipinski definition) is 7. The molecule has 3 aromatic heterocycles. The van der Waals surface area contributed by atoms with Crippen LogP contribution in [0.5, 0.6) is 5.88 Å². The standard InChI is InChI=1S/C21H21N5O3/c1-12-8-18-20(28-12)22-14(3)23-21(18)29-13(2)15-4-6-17(7-5-15)26-9-19(24-25-26)16-10-27-11-16/h4-9,13,16H,10-11H2,1-3H3. The number of ether oxygens (including phenoxy) is 2. The van der Waals surface area contributed by atoms with Gasteiger partial charge in [0, 0.05) is 0 Å². The van der Waals surface area contributed by atoms with Crippen molar-refractivity contribution in [3.63, 3.8) is 0 Å². The number of furan rings is 1. The van der Waals surface area contributed by atoms with Gasteiger partial charge in [0.15, 0.2) is 0 Å². The monoisotopic (exact) mass is 391 g/mol. The molecule has 0 aliphatic carbocycles. The van der Waals surface area contributed by atoms with Crippen molar-refractivity contribution in [1.29, 1.82) is 0 Å². The molecule has 1 aliphatic rings. The highest BCUT2D eigenvalue weighted by Gasteiger charge is 2.23. The van der Waals surface area contributed by atoms with E-state index < -0.39 is 0 Å². The molecule has 1 saturated heterocycles. The molecule has 1 atom stereocenters. The van der Waals surface area contributed by atoms with Crippen LogP contribution in [0.15, 0.2) is 40.9 Å². The van der Waals surface area contributed by atoms with E-state index in [2.05, 4.69) is 20.3 Å². The fourth-order valence-corrected chi connectivity index (χ4v) is 3.34. The third kappa shape index (κ3) is 3.36. The molecule has 0 spiro atoms. The molecule has 1 aromatic carbocycles. The number of aryl methyl sites for hydroxylation is 2. The van der Waals surface area contributed by atoms with E-state index in [1.807, 2.05) is 57.3 Å². The zero-order valence-corrected chi connectivity index (χ0v) is 16.5. The molecule has 4 aromatic rings. The summed E-state index contributed by atoms with van der Waals surface area (Å²) in [6, 6.07) is 9.97. The largest absolute Gasteiger partial charge is 0.469 e. The van der Waals surface area contributed by atoms with E-state index in [0.29, 0.717) is 23.3 Å². The second-order valence-corrected chi connectivity index (χ2v) is 7.33. The number of benzene rings is 1. The maximum absolute atomic E-state index is 6.15. The molecule has 148 valence electrons. The van der Waals surface area contributed by atoms with Crippen molar-refractivity contribution in [3.8, 4) is 11.6 Å². The quantitative estimate of drug-likeness (QED) is 0.513. The minimum absolute atomic E-state index is 0.185. The first kappa shape index (κ1) is 17.8. The summed E-state index contributed by atoms with van der Waals surface area (Å²) in [7, 11) is 0. The highest BCUT2D eigenvalue weighted by molar-refractivity contribution is 5.79. The smallest absolute Gasteiger partial charge is 0.233 e. The molecule has 0 amide bonds. The third-order valence-electron chi connectivity index (χ3n) is 5.08. The second-order valence-electron chi connectivity index (χ2n) is 7.33. The molecule has 1 fully saturated rings. The van der Waals surface area contributed by atoms with Crippen molar-refractivity contribution in [1.82, 2.24) is 25.0 Å².